The van der Waals surface area contributed by atoms with Crippen molar-refractivity contribution in [1.29, 1.82) is 0 Å². The van der Waals surface area contributed by atoms with Crippen molar-refractivity contribution in [3.63, 3.8) is 0 Å². The number of aromatic nitrogens is 2. The Bertz CT molecular complexity index is 1390. The molecule has 4 heterocycles. The van der Waals surface area contributed by atoms with Gasteiger partial charge in [0.15, 0.2) is 0 Å². The van der Waals surface area contributed by atoms with Crippen molar-refractivity contribution in [1.82, 2.24) is 19.6 Å². The first kappa shape index (κ1) is 24.2. The van der Waals surface area contributed by atoms with E-state index < -0.39 is 21.8 Å². The van der Waals surface area contributed by atoms with Gasteiger partial charge in [0.05, 0.1) is 28.3 Å². The van der Waals surface area contributed by atoms with E-state index in [9.17, 15) is 26.4 Å². The topological polar surface area (TPSA) is 104 Å². The number of carbonyl (C=O) groups excluding carboxylic acids is 1. The third-order valence-electron chi connectivity index (χ3n) is 6.35. The van der Waals surface area contributed by atoms with Crippen LogP contribution >= 0.6 is 0 Å². The molecule has 0 spiro atoms. The summed E-state index contributed by atoms with van der Waals surface area (Å²) < 4.78 is 65.8. The normalized spacial score (nSPS) is 17.0. The van der Waals surface area contributed by atoms with Crippen LogP contribution in [0.5, 0.6) is 0 Å². The van der Waals surface area contributed by atoms with Crippen LogP contribution in [0.25, 0.3) is 11.1 Å². The van der Waals surface area contributed by atoms with Crippen molar-refractivity contribution in [2.24, 2.45) is 0 Å². The first-order valence-corrected chi connectivity index (χ1v) is 12.7. The second-order valence-corrected chi connectivity index (χ2v) is 10.6. The van der Waals surface area contributed by atoms with Crippen LogP contribution < -0.4 is 10.6 Å². The maximum absolute atomic E-state index is 13.1. The fraction of sp³-hybridized carbons (Fsp3) is 0.292. The minimum Gasteiger partial charge on any atom is -0.367 e. The summed E-state index contributed by atoms with van der Waals surface area (Å²) in [6.45, 7) is 0.942. The van der Waals surface area contributed by atoms with Gasteiger partial charge in [0.2, 0.25) is 10.0 Å². The van der Waals surface area contributed by atoms with E-state index in [0.717, 1.165) is 23.4 Å². The van der Waals surface area contributed by atoms with Gasteiger partial charge in [0.25, 0.3) is 5.91 Å². The minimum absolute atomic E-state index is 0.104. The van der Waals surface area contributed by atoms with Crippen molar-refractivity contribution in [2.75, 3.05) is 18.4 Å². The second-order valence-electron chi connectivity index (χ2n) is 8.68. The summed E-state index contributed by atoms with van der Waals surface area (Å²) in [5, 5.41) is 5.80. The highest BCUT2D eigenvalue weighted by molar-refractivity contribution is 7.89. The zero-order chi connectivity index (χ0) is 25.5. The average molecular weight is 518 g/mol. The number of rotatable bonds is 5. The molecule has 8 nitrogen and oxygen atoms in total. The predicted octanol–water partition coefficient (Wildman–Crippen LogP) is 3.67. The molecule has 1 amide bonds. The molecule has 1 fully saturated rings. The molecular formula is C24H22F3N5O3S. The summed E-state index contributed by atoms with van der Waals surface area (Å²) >= 11 is 0. The number of piperidine rings is 1. The Morgan fingerprint density at radius 1 is 0.972 bits per heavy atom. The highest BCUT2D eigenvalue weighted by Gasteiger charge is 2.32. The third-order valence-corrected chi connectivity index (χ3v) is 8.27. The number of anilines is 1. The maximum atomic E-state index is 13.1. The molecule has 3 aromatic rings. The number of hydrogen-bond donors (Lipinski definition) is 2. The summed E-state index contributed by atoms with van der Waals surface area (Å²) in [4.78, 5) is 20.2. The van der Waals surface area contributed by atoms with Crippen molar-refractivity contribution >= 4 is 21.7 Å². The van der Waals surface area contributed by atoms with Gasteiger partial charge in [-0.1, -0.05) is 12.1 Å². The molecule has 0 aliphatic carbocycles. The summed E-state index contributed by atoms with van der Waals surface area (Å²) in [6.07, 6.45) is -1.03. The molecule has 1 saturated heterocycles. The molecule has 2 aromatic heterocycles. The van der Waals surface area contributed by atoms with Crippen LogP contribution in [-0.4, -0.2) is 47.7 Å². The van der Waals surface area contributed by atoms with E-state index in [2.05, 4.69) is 20.6 Å². The average Bonchev–Trinajstić information content (AvgIpc) is 3.24. The molecule has 188 valence electrons. The fourth-order valence-electron chi connectivity index (χ4n) is 4.31. The van der Waals surface area contributed by atoms with E-state index in [1.54, 1.807) is 24.4 Å². The largest absolute Gasteiger partial charge is 0.417 e. The van der Waals surface area contributed by atoms with E-state index in [4.69, 9.17) is 0 Å². The molecule has 0 radical (unpaired) electrons. The van der Waals surface area contributed by atoms with Crippen molar-refractivity contribution in [2.45, 2.75) is 36.5 Å². The van der Waals surface area contributed by atoms with Gasteiger partial charge >= 0.3 is 6.18 Å². The molecule has 2 aliphatic rings. The maximum Gasteiger partial charge on any atom is 0.417 e. The Labute approximate surface area is 205 Å². The van der Waals surface area contributed by atoms with E-state index in [-0.39, 0.29) is 29.9 Å². The number of benzene rings is 1. The SMILES string of the molecule is O=C1NCc2ncc(-c3ccc(S(=O)(=O)N4CCC(Nc5ccc(C(F)(F)F)cn5)CC4)cc3)cc21. The highest BCUT2D eigenvalue weighted by Crippen LogP contribution is 2.30. The Kier molecular flexibility index (Phi) is 6.17. The third kappa shape index (κ3) is 4.78. The van der Waals surface area contributed by atoms with Gasteiger partial charge in [0, 0.05) is 37.1 Å². The van der Waals surface area contributed by atoms with Crippen LogP contribution in [0.3, 0.4) is 0 Å². The molecule has 2 N–H and O–H groups in total. The molecule has 2 aliphatic heterocycles. The predicted molar refractivity (Wildman–Crippen MR) is 125 cm³/mol. The van der Waals surface area contributed by atoms with Gasteiger partial charge < -0.3 is 10.6 Å². The molecule has 5 rings (SSSR count). The van der Waals surface area contributed by atoms with Gasteiger partial charge in [-0.2, -0.15) is 17.5 Å². The number of sulfonamides is 1. The van der Waals surface area contributed by atoms with Crippen LogP contribution in [0.4, 0.5) is 19.0 Å². The Morgan fingerprint density at radius 2 is 1.69 bits per heavy atom. The minimum atomic E-state index is -4.45. The number of carbonyl (C=O) groups is 1. The number of alkyl halides is 3. The van der Waals surface area contributed by atoms with Gasteiger partial charge in [-0.05, 0) is 48.7 Å². The smallest absolute Gasteiger partial charge is 0.367 e. The number of amides is 1. The summed E-state index contributed by atoms with van der Waals surface area (Å²) in [7, 11) is -3.71. The lowest BCUT2D eigenvalue weighted by atomic mass is 10.1. The summed E-state index contributed by atoms with van der Waals surface area (Å²) in [6, 6.07) is 10.3. The molecular weight excluding hydrogens is 495 g/mol. The van der Waals surface area contributed by atoms with Crippen LogP contribution in [0, 0.1) is 0 Å². The Balaban J connectivity index is 1.22. The lowest BCUT2D eigenvalue weighted by Crippen LogP contribution is -2.42. The monoisotopic (exact) mass is 517 g/mol. The van der Waals surface area contributed by atoms with E-state index >= 15 is 0 Å². The van der Waals surface area contributed by atoms with Gasteiger partial charge in [-0.25, -0.2) is 13.4 Å². The quantitative estimate of drug-likeness (QED) is 0.535. The number of hydrogen-bond acceptors (Lipinski definition) is 6. The Hall–Kier alpha value is -3.51. The standard InChI is InChI=1S/C24H22F3N5O3S/c25-24(26,27)17-3-6-22(29-13-17)31-18-7-9-32(10-8-18)36(34,35)19-4-1-15(2-5-19)16-11-20-21(28-12-16)14-30-23(20)33/h1-6,11-13,18H,7-10,14H2,(H,29,31)(H,30,33). The second kappa shape index (κ2) is 9.17. The highest BCUT2D eigenvalue weighted by atomic mass is 32.2. The number of halogens is 3. The first-order chi connectivity index (χ1) is 17.1. The number of fused-ring (bicyclic) bond motifs is 1. The summed E-state index contributed by atoms with van der Waals surface area (Å²) in [5.74, 6) is 0.143. The number of pyridine rings is 2. The Morgan fingerprint density at radius 3 is 2.33 bits per heavy atom. The molecule has 0 saturated carbocycles. The van der Waals surface area contributed by atoms with Crippen LogP contribution in [0.2, 0.25) is 0 Å². The molecule has 0 unspecified atom stereocenters. The zero-order valence-corrected chi connectivity index (χ0v) is 19.7. The molecule has 36 heavy (non-hydrogen) atoms. The van der Waals surface area contributed by atoms with Gasteiger partial charge in [0.1, 0.15) is 5.82 Å². The van der Waals surface area contributed by atoms with Crippen molar-refractivity contribution < 1.29 is 26.4 Å². The van der Waals surface area contributed by atoms with Crippen LogP contribution in [0.15, 0.2) is 59.8 Å². The lowest BCUT2D eigenvalue weighted by Gasteiger charge is -2.32. The van der Waals surface area contributed by atoms with Crippen LogP contribution in [0.1, 0.15) is 34.5 Å². The molecule has 0 bridgehead atoms. The van der Waals surface area contributed by atoms with E-state index in [1.807, 2.05) is 0 Å². The molecule has 0 atom stereocenters. The number of nitrogens with one attached hydrogen (secondary N) is 2. The lowest BCUT2D eigenvalue weighted by molar-refractivity contribution is -0.137. The summed E-state index contributed by atoms with van der Waals surface area (Å²) in [5.41, 5.74) is 1.86. The van der Waals surface area contributed by atoms with E-state index in [0.29, 0.717) is 36.5 Å². The van der Waals surface area contributed by atoms with Crippen molar-refractivity contribution in [3.8, 4) is 11.1 Å². The van der Waals surface area contributed by atoms with Gasteiger partial charge in [-0.15, -0.1) is 0 Å². The fourth-order valence-corrected chi connectivity index (χ4v) is 5.78. The van der Waals surface area contributed by atoms with Gasteiger partial charge in [-0.3, -0.25) is 9.78 Å². The number of nitrogens with zero attached hydrogens (tertiary/aromatic N) is 3. The van der Waals surface area contributed by atoms with Crippen molar-refractivity contribution in [3.05, 3.63) is 71.7 Å². The van der Waals surface area contributed by atoms with Crippen LogP contribution in [-0.2, 0) is 22.7 Å². The molecule has 1 aromatic carbocycles. The first-order valence-electron chi connectivity index (χ1n) is 11.3. The molecule has 12 heteroatoms. The van der Waals surface area contributed by atoms with E-state index in [1.165, 1.54) is 22.5 Å². The zero-order valence-electron chi connectivity index (χ0n) is 18.9.